The molecular weight excluding hydrogens is 232 g/mol. The summed E-state index contributed by atoms with van der Waals surface area (Å²) in [6, 6.07) is 8.68. The van der Waals surface area contributed by atoms with Crippen LogP contribution in [0.4, 0.5) is 0 Å². The lowest BCUT2D eigenvalue weighted by molar-refractivity contribution is 0.490. The van der Waals surface area contributed by atoms with Crippen LogP contribution >= 0.6 is 0 Å². The number of rotatable bonds is 2. The van der Waals surface area contributed by atoms with Crippen LogP contribution < -0.4 is 5.32 Å². The molecule has 1 aromatic carbocycles. The van der Waals surface area contributed by atoms with Crippen LogP contribution in [-0.4, -0.2) is 12.4 Å². The molecule has 0 saturated carbocycles. The van der Waals surface area contributed by atoms with Crippen LogP contribution in [0.5, 0.6) is 0 Å². The molecule has 0 atom stereocenters. The van der Waals surface area contributed by atoms with E-state index < -0.39 is 0 Å². The molecule has 1 N–H and O–H groups in total. The minimum atomic E-state index is 0.184. The highest BCUT2D eigenvalue weighted by Crippen LogP contribution is 2.26. The molecule has 2 rings (SSSR count). The maximum atomic E-state index is 4.66. The molecule has 0 fully saturated rings. The molecule has 0 radical (unpaired) electrons. The van der Waals surface area contributed by atoms with Crippen LogP contribution in [-0.2, 0) is 0 Å². The summed E-state index contributed by atoms with van der Waals surface area (Å²) in [6.07, 6.45) is 2.11. The van der Waals surface area contributed by atoms with Gasteiger partial charge in [0.25, 0.3) is 0 Å². The van der Waals surface area contributed by atoms with Crippen molar-refractivity contribution in [2.24, 2.45) is 10.4 Å². The molecule has 0 spiro atoms. The number of aliphatic imine (C=N–C) groups is 1. The molecule has 0 aromatic heterocycles. The Hall–Kier alpha value is -1.57. The van der Waals surface area contributed by atoms with E-state index in [1.165, 1.54) is 11.1 Å². The first-order valence-corrected chi connectivity index (χ1v) is 6.99. The zero-order valence-electron chi connectivity index (χ0n) is 12.6. The van der Waals surface area contributed by atoms with Crippen LogP contribution in [0, 0.1) is 5.41 Å². The molecule has 19 heavy (non-hydrogen) atoms. The quantitative estimate of drug-likeness (QED) is 0.846. The Balaban J connectivity index is 2.11. The minimum Gasteiger partial charge on any atom is -0.346 e. The zero-order chi connectivity index (χ0) is 14.0. The second kappa shape index (κ2) is 5.20. The van der Waals surface area contributed by atoms with E-state index in [-0.39, 0.29) is 5.41 Å². The third kappa shape index (κ3) is 3.25. The Labute approximate surface area is 116 Å². The molecule has 2 heteroatoms. The van der Waals surface area contributed by atoms with Crippen molar-refractivity contribution in [2.45, 2.75) is 40.5 Å². The molecule has 0 unspecified atom stereocenters. The average molecular weight is 256 g/mol. The average Bonchev–Trinajstić information content (AvgIpc) is 2.38. The monoisotopic (exact) mass is 256 g/mol. The van der Waals surface area contributed by atoms with Gasteiger partial charge in [-0.05, 0) is 22.5 Å². The lowest BCUT2D eigenvalue weighted by Crippen LogP contribution is -2.27. The molecule has 0 aliphatic carbocycles. The lowest BCUT2D eigenvalue weighted by atomic mass is 9.86. The van der Waals surface area contributed by atoms with E-state index in [4.69, 9.17) is 0 Å². The van der Waals surface area contributed by atoms with Crippen LogP contribution in [0.15, 0.2) is 41.0 Å². The van der Waals surface area contributed by atoms with Gasteiger partial charge in [0, 0.05) is 11.8 Å². The molecule has 1 heterocycles. The number of benzene rings is 1. The third-order valence-electron chi connectivity index (χ3n) is 3.60. The van der Waals surface area contributed by atoms with Crippen molar-refractivity contribution < 1.29 is 0 Å². The smallest absolute Gasteiger partial charge is 0.132 e. The van der Waals surface area contributed by atoms with Gasteiger partial charge in [0.1, 0.15) is 5.84 Å². The Kier molecular flexibility index (Phi) is 3.79. The van der Waals surface area contributed by atoms with Crippen LogP contribution in [0.1, 0.15) is 51.7 Å². The van der Waals surface area contributed by atoms with E-state index in [1.807, 2.05) is 0 Å². The first kappa shape index (κ1) is 13.9. The van der Waals surface area contributed by atoms with E-state index in [0.717, 1.165) is 17.9 Å². The van der Waals surface area contributed by atoms with Crippen molar-refractivity contribution in [1.29, 1.82) is 0 Å². The second-order valence-electron chi connectivity index (χ2n) is 6.51. The van der Waals surface area contributed by atoms with Crippen molar-refractivity contribution >= 4 is 5.84 Å². The Bertz CT molecular complexity index is 499. The lowest BCUT2D eigenvalue weighted by Gasteiger charge is -2.25. The predicted molar refractivity (Wildman–Crippen MR) is 82.6 cm³/mol. The SMILES string of the molecule is CC(C)c1ccc(C2=NCC(C(C)(C)C)=CN2)cc1. The topological polar surface area (TPSA) is 24.4 Å². The molecule has 0 bridgehead atoms. The Morgan fingerprint density at radius 2 is 1.74 bits per heavy atom. The number of nitrogens with zero attached hydrogens (tertiary/aromatic N) is 1. The summed E-state index contributed by atoms with van der Waals surface area (Å²) in [6.45, 7) is 11.9. The normalized spacial score (nSPS) is 15.9. The summed E-state index contributed by atoms with van der Waals surface area (Å²) in [4.78, 5) is 4.66. The molecule has 0 saturated heterocycles. The maximum Gasteiger partial charge on any atom is 0.132 e. The third-order valence-corrected chi connectivity index (χ3v) is 3.60. The first-order chi connectivity index (χ1) is 8.88. The molecule has 1 aromatic rings. The molecular formula is C17H24N2. The maximum absolute atomic E-state index is 4.66. The van der Waals surface area contributed by atoms with E-state index in [0.29, 0.717) is 5.92 Å². The molecule has 1 aliphatic rings. The van der Waals surface area contributed by atoms with E-state index in [1.54, 1.807) is 0 Å². The van der Waals surface area contributed by atoms with Gasteiger partial charge in [0.05, 0.1) is 6.54 Å². The van der Waals surface area contributed by atoms with Crippen molar-refractivity contribution in [3.05, 3.63) is 47.2 Å². The predicted octanol–water partition coefficient (Wildman–Crippen LogP) is 4.09. The molecule has 0 amide bonds. The molecule has 2 nitrogen and oxygen atoms in total. The van der Waals surface area contributed by atoms with Gasteiger partial charge in [0.15, 0.2) is 0 Å². The van der Waals surface area contributed by atoms with Crippen molar-refractivity contribution in [2.75, 3.05) is 6.54 Å². The van der Waals surface area contributed by atoms with Gasteiger partial charge in [-0.1, -0.05) is 58.9 Å². The number of nitrogens with one attached hydrogen (secondary N) is 1. The number of amidine groups is 1. The Morgan fingerprint density at radius 1 is 1.11 bits per heavy atom. The first-order valence-electron chi connectivity index (χ1n) is 6.99. The van der Waals surface area contributed by atoms with Crippen LogP contribution in [0.2, 0.25) is 0 Å². The van der Waals surface area contributed by atoms with Gasteiger partial charge < -0.3 is 5.32 Å². The van der Waals surface area contributed by atoms with Crippen LogP contribution in [0.3, 0.4) is 0 Å². The van der Waals surface area contributed by atoms with E-state index in [2.05, 4.69) is 75.4 Å². The largest absolute Gasteiger partial charge is 0.346 e. The number of hydrogen-bond acceptors (Lipinski definition) is 2. The van der Waals surface area contributed by atoms with Gasteiger partial charge in [0.2, 0.25) is 0 Å². The van der Waals surface area contributed by atoms with Gasteiger partial charge in [-0.25, -0.2) is 0 Å². The summed E-state index contributed by atoms with van der Waals surface area (Å²) in [5.41, 5.74) is 4.05. The highest BCUT2D eigenvalue weighted by Gasteiger charge is 2.19. The van der Waals surface area contributed by atoms with Gasteiger partial charge in [-0.15, -0.1) is 0 Å². The highest BCUT2D eigenvalue weighted by atomic mass is 15.0. The zero-order valence-corrected chi connectivity index (χ0v) is 12.6. The standard InChI is InChI=1S/C17H24N2/c1-12(2)13-6-8-14(9-7-13)16-18-10-15(11-19-16)17(3,4)5/h6-10,12H,11H2,1-5H3,(H,18,19). The Morgan fingerprint density at radius 3 is 2.16 bits per heavy atom. The van der Waals surface area contributed by atoms with Crippen molar-refractivity contribution in [3.63, 3.8) is 0 Å². The van der Waals surface area contributed by atoms with Crippen LogP contribution in [0.25, 0.3) is 0 Å². The summed E-state index contributed by atoms with van der Waals surface area (Å²) < 4.78 is 0. The van der Waals surface area contributed by atoms with Gasteiger partial charge >= 0.3 is 0 Å². The summed E-state index contributed by atoms with van der Waals surface area (Å²) in [5, 5.41) is 3.33. The van der Waals surface area contributed by atoms with Gasteiger partial charge in [-0.3, -0.25) is 4.99 Å². The summed E-state index contributed by atoms with van der Waals surface area (Å²) >= 11 is 0. The fourth-order valence-corrected chi connectivity index (χ4v) is 2.07. The molecule has 102 valence electrons. The fourth-order valence-electron chi connectivity index (χ4n) is 2.07. The highest BCUT2D eigenvalue weighted by molar-refractivity contribution is 6.00. The van der Waals surface area contributed by atoms with Gasteiger partial charge in [-0.2, -0.15) is 0 Å². The minimum absolute atomic E-state index is 0.184. The van der Waals surface area contributed by atoms with Crippen molar-refractivity contribution in [3.8, 4) is 0 Å². The van der Waals surface area contributed by atoms with E-state index in [9.17, 15) is 0 Å². The summed E-state index contributed by atoms with van der Waals surface area (Å²) in [5.74, 6) is 1.55. The summed E-state index contributed by atoms with van der Waals surface area (Å²) in [7, 11) is 0. The fraction of sp³-hybridized carbons (Fsp3) is 0.471. The second-order valence-corrected chi connectivity index (χ2v) is 6.51. The van der Waals surface area contributed by atoms with Crippen molar-refractivity contribution in [1.82, 2.24) is 5.32 Å². The van der Waals surface area contributed by atoms with E-state index >= 15 is 0 Å². The molecule has 1 aliphatic heterocycles. The number of hydrogen-bond donors (Lipinski definition) is 1.